The van der Waals surface area contributed by atoms with Gasteiger partial charge in [-0.3, -0.25) is 10.1 Å². The number of aromatic nitrogens is 1. The first kappa shape index (κ1) is 15.5. The van der Waals surface area contributed by atoms with Crippen LogP contribution in [0.3, 0.4) is 0 Å². The normalized spacial score (nSPS) is 11.4. The van der Waals surface area contributed by atoms with E-state index in [2.05, 4.69) is 10.5 Å². The van der Waals surface area contributed by atoms with E-state index in [-0.39, 0.29) is 16.7 Å². The van der Waals surface area contributed by atoms with Crippen molar-refractivity contribution in [1.29, 1.82) is 0 Å². The zero-order valence-electron chi connectivity index (χ0n) is 11.6. The number of nitrogens with zero attached hydrogens (tertiary/aromatic N) is 1. The maximum absolute atomic E-state index is 11.6. The first-order chi connectivity index (χ1) is 9.70. The minimum absolute atomic E-state index is 0.0102. The van der Waals surface area contributed by atoms with E-state index in [0.717, 1.165) is 0 Å². The van der Waals surface area contributed by atoms with E-state index in [0.29, 0.717) is 22.4 Å². The van der Waals surface area contributed by atoms with Crippen LogP contribution in [0.4, 0.5) is 5.88 Å². The molecule has 2 aromatic rings. The van der Waals surface area contributed by atoms with E-state index < -0.39 is 9.05 Å². The number of anilines is 1. The first-order valence-electron chi connectivity index (χ1n) is 5.99. The number of aryl methyl sites for hydroxylation is 2. The molecule has 1 N–H and O–H groups in total. The molecule has 0 bridgehead atoms. The van der Waals surface area contributed by atoms with Gasteiger partial charge < -0.3 is 4.52 Å². The van der Waals surface area contributed by atoms with E-state index in [1.54, 1.807) is 26.0 Å². The van der Waals surface area contributed by atoms with Gasteiger partial charge >= 0.3 is 0 Å². The zero-order chi connectivity index (χ0) is 15.8. The van der Waals surface area contributed by atoms with Crippen LogP contribution in [-0.2, 0) is 13.8 Å². The summed E-state index contributed by atoms with van der Waals surface area (Å²) in [6.45, 7) is 4.68. The first-order valence-corrected chi connectivity index (χ1v) is 8.30. The van der Waals surface area contributed by atoms with Crippen LogP contribution in [-0.4, -0.2) is 19.5 Å². The van der Waals surface area contributed by atoms with Crippen molar-refractivity contribution in [2.75, 3.05) is 5.32 Å². The molecule has 0 aliphatic rings. The number of hydrogen-bond donors (Lipinski definition) is 1. The molecule has 1 amide bonds. The number of rotatable bonds is 3. The van der Waals surface area contributed by atoms with Gasteiger partial charge in [0, 0.05) is 17.6 Å². The standard InChI is InChI=1S/C13H13ClN2O4S/c1-7-4-5-10(6-11(7)21(14,18)19)12-8(2)16-20-13(12)15-9(3)17/h4-6H,1-3H3,(H,15,17). The van der Waals surface area contributed by atoms with Crippen LogP contribution in [0.2, 0.25) is 0 Å². The van der Waals surface area contributed by atoms with Gasteiger partial charge in [0.25, 0.3) is 9.05 Å². The van der Waals surface area contributed by atoms with Gasteiger partial charge in [0.15, 0.2) is 0 Å². The maximum atomic E-state index is 11.6. The molecule has 8 heteroatoms. The minimum atomic E-state index is -3.86. The molecule has 0 saturated heterocycles. The number of carbonyl (C=O) groups is 1. The summed E-state index contributed by atoms with van der Waals surface area (Å²) < 4.78 is 28.2. The Bertz CT molecular complexity index is 812. The van der Waals surface area contributed by atoms with Crippen LogP contribution in [0.5, 0.6) is 0 Å². The van der Waals surface area contributed by atoms with E-state index in [1.807, 2.05) is 0 Å². The molecule has 0 radical (unpaired) electrons. The van der Waals surface area contributed by atoms with Crippen LogP contribution in [0.1, 0.15) is 18.2 Å². The third-order valence-electron chi connectivity index (χ3n) is 2.89. The fraction of sp³-hybridized carbons (Fsp3) is 0.231. The van der Waals surface area contributed by atoms with Crippen LogP contribution < -0.4 is 5.32 Å². The summed E-state index contributed by atoms with van der Waals surface area (Å²) in [6, 6.07) is 4.78. The van der Waals surface area contributed by atoms with E-state index >= 15 is 0 Å². The second-order valence-electron chi connectivity index (χ2n) is 4.57. The highest BCUT2D eigenvalue weighted by atomic mass is 35.7. The van der Waals surface area contributed by atoms with Gasteiger partial charge in [0.05, 0.1) is 16.2 Å². The maximum Gasteiger partial charge on any atom is 0.261 e. The lowest BCUT2D eigenvalue weighted by Gasteiger charge is -2.07. The Morgan fingerprint density at radius 2 is 2.00 bits per heavy atom. The SMILES string of the molecule is CC(=O)Nc1onc(C)c1-c1ccc(C)c(S(=O)(=O)Cl)c1. The molecule has 0 fully saturated rings. The quantitative estimate of drug-likeness (QED) is 0.875. The van der Waals surface area contributed by atoms with Gasteiger partial charge in [-0.05, 0) is 31.0 Å². The molecule has 1 aromatic carbocycles. The minimum Gasteiger partial charge on any atom is -0.337 e. The average Bonchev–Trinajstić information content (AvgIpc) is 2.69. The number of amides is 1. The Morgan fingerprint density at radius 1 is 1.33 bits per heavy atom. The lowest BCUT2D eigenvalue weighted by molar-refractivity contribution is -0.114. The Labute approximate surface area is 126 Å². The van der Waals surface area contributed by atoms with Crippen molar-refractivity contribution in [2.45, 2.75) is 25.7 Å². The molecule has 0 atom stereocenters. The number of hydrogen-bond acceptors (Lipinski definition) is 5. The van der Waals surface area contributed by atoms with Gasteiger partial charge in [-0.25, -0.2) is 8.42 Å². The largest absolute Gasteiger partial charge is 0.337 e. The van der Waals surface area contributed by atoms with Gasteiger partial charge in [-0.2, -0.15) is 0 Å². The number of benzene rings is 1. The monoisotopic (exact) mass is 328 g/mol. The summed E-state index contributed by atoms with van der Waals surface area (Å²) in [5.41, 5.74) is 2.12. The van der Waals surface area contributed by atoms with Gasteiger partial charge in [-0.15, -0.1) is 0 Å². The molecule has 0 saturated carbocycles. The highest BCUT2D eigenvalue weighted by molar-refractivity contribution is 8.13. The molecular weight excluding hydrogens is 316 g/mol. The Morgan fingerprint density at radius 3 is 2.57 bits per heavy atom. The fourth-order valence-electron chi connectivity index (χ4n) is 1.97. The average molecular weight is 329 g/mol. The van der Waals surface area contributed by atoms with Crippen LogP contribution in [0, 0.1) is 13.8 Å². The fourth-order valence-corrected chi connectivity index (χ4v) is 3.19. The third kappa shape index (κ3) is 3.25. The Kier molecular flexibility index (Phi) is 4.06. The summed E-state index contributed by atoms with van der Waals surface area (Å²) in [5.74, 6) is -0.147. The summed E-state index contributed by atoms with van der Waals surface area (Å²) in [6.07, 6.45) is 0. The van der Waals surface area contributed by atoms with Crippen LogP contribution in [0.25, 0.3) is 11.1 Å². The zero-order valence-corrected chi connectivity index (χ0v) is 13.2. The summed E-state index contributed by atoms with van der Waals surface area (Å²) in [7, 11) is 1.56. The second-order valence-corrected chi connectivity index (χ2v) is 7.11. The van der Waals surface area contributed by atoms with Crippen molar-refractivity contribution in [2.24, 2.45) is 0 Å². The molecule has 0 unspecified atom stereocenters. The molecule has 0 spiro atoms. The van der Waals surface area contributed by atoms with E-state index in [1.165, 1.54) is 13.0 Å². The highest BCUT2D eigenvalue weighted by Crippen LogP contribution is 2.34. The smallest absolute Gasteiger partial charge is 0.261 e. The summed E-state index contributed by atoms with van der Waals surface area (Å²) in [5, 5.41) is 6.30. The summed E-state index contributed by atoms with van der Waals surface area (Å²) in [4.78, 5) is 11.2. The lowest BCUT2D eigenvalue weighted by Crippen LogP contribution is -2.06. The Hall–Kier alpha value is -1.86. The molecule has 2 rings (SSSR count). The summed E-state index contributed by atoms with van der Waals surface area (Å²) >= 11 is 0. The van der Waals surface area contributed by atoms with Crippen LogP contribution >= 0.6 is 10.7 Å². The van der Waals surface area contributed by atoms with Crippen molar-refractivity contribution in [3.8, 4) is 11.1 Å². The van der Waals surface area contributed by atoms with Crippen molar-refractivity contribution < 1.29 is 17.7 Å². The number of halogens is 1. The predicted octanol–water partition coefficient (Wildman–Crippen LogP) is 2.84. The van der Waals surface area contributed by atoms with Crippen molar-refractivity contribution in [3.05, 3.63) is 29.5 Å². The van der Waals surface area contributed by atoms with Gasteiger partial charge in [-0.1, -0.05) is 17.3 Å². The predicted molar refractivity (Wildman–Crippen MR) is 78.8 cm³/mol. The van der Waals surface area contributed by atoms with Gasteiger partial charge in [0.1, 0.15) is 0 Å². The lowest BCUT2D eigenvalue weighted by atomic mass is 10.0. The Balaban J connectivity index is 2.63. The molecular formula is C13H13ClN2O4S. The number of carbonyl (C=O) groups excluding carboxylic acids is 1. The molecule has 1 aromatic heterocycles. The topological polar surface area (TPSA) is 89.3 Å². The van der Waals surface area contributed by atoms with Crippen LogP contribution in [0.15, 0.2) is 27.6 Å². The highest BCUT2D eigenvalue weighted by Gasteiger charge is 2.20. The molecule has 21 heavy (non-hydrogen) atoms. The second kappa shape index (κ2) is 5.50. The van der Waals surface area contributed by atoms with Crippen molar-refractivity contribution >= 4 is 31.5 Å². The third-order valence-corrected chi connectivity index (χ3v) is 4.36. The van der Waals surface area contributed by atoms with Crippen molar-refractivity contribution in [3.63, 3.8) is 0 Å². The van der Waals surface area contributed by atoms with E-state index in [9.17, 15) is 13.2 Å². The van der Waals surface area contributed by atoms with Gasteiger partial charge in [0.2, 0.25) is 11.8 Å². The molecule has 6 nitrogen and oxygen atoms in total. The molecule has 112 valence electrons. The molecule has 0 aliphatic carbocycles. The molecule has 1 heterocycles. The van der Waals surface area contributed by atoms with Crippen molar-refractivity contribution in [1.82, 2.24) is 5.16 Å². The molecule has 0 aliphatic heterocycles. The van der Waals surface area contributed by atoms with E-state index in [4.69, 9.17) is 15.2 Å². The number of nitrogens with one attached hydrogen (secondary N) is 1.